The molecule has 0 aromatic carbocycles. The monoisotopic (exact) mass is 280 g/mol. The van der Waals surface area contributed by atoms with Gasteiger partial charge in [-0.05, 0) is 51.6 Å². The van der Waals surface area contributed by atoms with E-state index in [-0.39, 0.29) is 0 Å². The van der Waals surface area contributed by atoms with Gasteiger partial charge in [-0.15, -0.1) is 0 Å². The summed E-state index contributed by atoms with van der Waals surface area (Å²) in [6.45, 7) is 4.68. The number of ether oxygens (including phenoxy) is 1. The van der Waals surface area contributed by atoms with E-state index in [2.05, 4.69) is 10.2 Å². The summed E-state index contributed by atoms with van der Waals surface area (Å²) in [5.74, 6) is 0. The molecule has 2 saturated carbocycles. The fourth-order valence-electron chi connectivity index (χ4n) is 3.84. The Morgan fingerprint density at radius 2 is 1.80 bits per heavy atom. The molecule has 3 nitrogen and oxygen atoms in total. The van der Waals surface area contributed by atoms with Crippen molar-refractivity contribution < 1.29 is 4.74 Å². The van der Waals surface area contributed by atoms with Crippen molar-refractivity contribution >= 4 is 0 Å². The van der Waals surface area contributed by atoms with Crippen LogP contribution in [0.3, 0.4) is 0 Å². The quantitative estimate of drug-likeness (QED) is 0.692. The lowest BCUT2D eigenvalue weighted by atomic mass is 9.90. The molecule has 0 aromatic rings. The maximum atomic E-state index is 5.95. The number of nitrogens with one attached hydrogen (secondary N) is 1. The summed E-state index contributed by atoms with van der Waals surface area (Å²) in [6, 6.07) is 1.63. The largest absolute Gasteiger partial charge is 0.375 e. The van der Waals surface area contributed by atoms with Crippen LogP contribution in [0.1, 0.15) is 64.2 Å². The van der Waals surface area contributed by atoms with Crippen LogP contribution in [0.25, 0.3) is 0 Å². The Morgan fingerprint density at radius 1 is 0.950 bits per heavy atom. The molecular formula is C17H32N2O. The molecule has 20 heavy (non-hydrogen) atoms. The summed E-state index contributed by atoms with van der Waals surface area (Å²) in [6.07, 6.45) is 14.4. The highest BCUT2D eigenvalue weighted by atomic mass is 16.5. The average molecular weight is 280 g/mol. The van der Waals surface area contributed by atoms with Crippen molar-refractivity contribution in [2.75, 3.05) is 26.2 Å². The van der Waals surface area contributed by atoms with E-state index in [0.717, 1.165) is 18.7 Å². The van der Waals surface area contributed by atoms with Crippen LogP contribution < -0.4 is 5.32 Å². The summed E-state index contributed by atoms with van der Waals surface area (Å²) in [4.78, 5) is 2.73. The summed E-state index contributed by atoms with van der Waals surface area (Å²) in [5, 5.41) is 3.61. The summed E-state index contributed by atoms with van der Waals surface area (Å²) in [7, 11) is 0. The third-order valence-corrected chi connectivity index (χ3v) is 5.23. The molecule has 2 unspecified atom stereocenters. The first kappa shape index (κ1) is 14.8. The molecule has 0 spiro atoms. The van der Waals surface area contributed by atoms with Gasteiger partial charge in [0.1, 0.15) is 0 Å². The van der Waals surface area contributed by atoms with Crippen molar-refractivity contribution in [3.63, 3.8) is 0 Å². The molecule has 3 aliphatic rings. The Morgan fingerprint density at radius 3 is 2.70 bits per heavy atom. The van der Waals surface area contributed by atoms with Gasteiger partial charge in [-0.2, -0.15) is 0 Å². The van der Waals surface area contributed by atoms with Crippen LogP contribution in [0.5, 0.6) is 0 Å². The zero-order valence-electron chi connectivity index (χ0n) is 13.0. The van der Waals surface area contributed by atoms with E-state index in [0.29, 0.717) is 6.10 Å². The Hall–Kier alpha value is -0.120. The van der Waals surface area contributed by atoms with Gasteiger partial charge in [0.15, 0.2) is 0 Å². The zero-order valence-corrected chi connectivity index (χ0v) is 13.0. The van der Waals surface area contributed by atoms with Crippen LogP contribution in [-0.4, -0.2) is 49.3 Å². The van der Waals surface area contributed by atoms with Crippen LogP contribution in [0, 0.1) is 0 Å². The molecule has 3 heteroatoms. The van der Waals surface area contributed by atoms with Gasteiger partial charge in [0.05, 0.1) is 12.7 Å². The Balaban J connectivity index is 1.25. The zero-order chi connectivity index (χ0) is 13.6. The molecule has 3 fully saturated rings. The third kappa shape index (κ3) is 4.44. The van der Waals surface area contributed by atoms with Crippen molar-refractivity contribution in [2.24, 2.45) is 0 Å². The molecule has 3 rings (SSSR count). The molecule has 0 aromatic heterocycles. The van der Waals surface area contributed by atoms with Crippen molar-refractivity contribution in [3.8, 4) is 0 Å². The molecule has 0 amide bonds. The molecule has 1 N–H and O–H groups in total. The number of hydrogen-bond acceptors (Lipinski definition) is 3. The van der Waals surface area contributed by atoms with Gasteiger partial charge in [-0.1, -0.05) is 25.7 Å². The fourth-order valence-corrected chi connectivity index (χ4v) is 3.84. The fraction of sp³-hybridized carbons (Fsp3) is 1.00. The lowest BCUT2D eigenvalue weighted by Crippen LogP contribution is -2.52. The minimum atomic E-state index is 0.556. The smallest absolute Gasteiger partial charge is 0.0730 e. The van der Waals surface area contributed by atoms with Crippen molar-refractivity contribution in [1.29, 1.82) is 0 Å². The summed E-state index contributed by atoms with van der Waals surface area (Å²) < 4.78 is 5.95. The van der Waals surface area contributed by atoms with Crippen LogP contribution in [0.4, 0.5) is 0 Å². The first-order chi connectivity index (χ1) is 9.93. The number of hydrogen-bond donors (Lipinski definition) is 1. The SMILES string of the molecule is C(CCCN1CCOC2CCCCC21)CCNC1CC1. The van der Waals surface area contributed by atoms with E-state index in [1.54, 1.807) is 0 Å². The number of morpholine rings is 1. The second-order valence-corrected chi connectivity index (χ2v) is 6.94. The van der Waals surface area contributed by atoms with E-state index in [1.165, 1.54) is 83.8 Å². The second kappa shape index (κ2) is 7.77. The van der Waals surface area contributed by atoms with E-state index >= 15 is 0 Å². The molecule has 0 radical (unpaired) electrons. The highest BCUT2D eigenvalue weighted by molar-refractivity contribution is 4.87. The van der Waals surface area contributed by atoms with Crippen LogP contribution >= 0.6 is 0 Å². The van der Waals surface area contributed by atoms with Crippen LogP contribution in [0.15, 0.2) is 0 Å². The van der Waals surface area contributed by atoms with Gasteiger partial charge < -0.3 is 10.1 Å². The van der Waals surface area contributed by atoms with Gasteiger partial charge in [-0.3, -0.25) is 4.90 Å². The van der Waals surface area contributed by atoms with E-state index in [1.807, 2.05) is 0 Å². The predicted molar refractivity (Wildman–Crippen MR) is 83.1 cm³/mol. The number of rotatable bonds is 8. The summed E-state index contributed by atoms with van der Waals surface area (Å²) in [5.41, 5.74) is 0. The highest BCUT2D eigenvalue weighted by Gasteiger charge is 2.33. The maximum Gasteiger partial charge on any atom is 0.0730 e. The molecule has 1 aliphatic heterocycles. The Labute approximate surface area is 124 Å². The third-order valence-electron chi connectivity index (χ3n) is 5.23. The molecule has 1 saturated heterocycles. The maximum absolute atomic E-state index is 5.95. The van der Waals surface area contributed by atoms with E-state index in [9.17, 15) is 0 Å². The molecule has 2 aliphatic carbocycles. The van der Waals surface area contributed by atoms with E-state index < -0.39 is 0 Å². The molecular weight excluding hydrogens is 248 g/mol. The van der Waals surface area contributed by atoms with Gasteiger partial charge >= 0.3 is 0 Å². The topological polar surface area (TPSA) is 24.5 Å². The standard InChI is InChI=1S/C17H32N2O/c1(5-11-18-15-9-10-15)2-6-12-19-13-14-20-17-8-4-3-7-16(17)19/h15-18H,1-14H2. The number of nitrogens with zero attached hydrogens (tertiary/aromatic N) is 1. The van der Waals surface area contributed by atoms with Gasteiger partial charge in [0, 0.05) is 18.6 Å². The minimum absolute atomic E-state index is 0.556. The first-order valence-electron chi connectivity index (χ1n) is 9.02. The van der Waals surface area contributed by atoms with E-state index in [4.69, 9.17) is 4.74 Å². The first-order valence-corrected chi connectivity index (χ1v) is 9.02. The average Bonchev–Trinajstić information content (AvgIpc) is 3.30. The van der Waals surface area contributed by atoms with Gasteiger partial charge in [0.2, 0.25) is 0 Å². The second-order valence-electron chi connectivity index (χ2n) is 6.94. The van der Waals surface area contributed by atoms with Gasteiger partial charge in [-0.25, -0.2) is 0 Å². The number of unbranched alkanes of at least 4 members (excludes halogenated alkanes) is 3. The Bertz CT molecular complexity index is 278. The molecule has 2 atom stereocenters. The van der Waals surface area contributed by atoms with Crippen LogP contribution in [-0.2, 0) is 4.74 Å². The number of fused-ring (bicyclic) bond motifs is 1. The Kier molecular flexibility index (Phi) is 5.75. The summed E-state index contributed by atoms with van der Waals surface area (Å²) >= 11 is 0. The highest BCUT2D eigenvalue weighted by Crippen LogP contribution is 2.28. The predicted octanol–water partition coefficient (Wildman–Crippen LogP) is 2.94. The molecule has 0 bridgehead atoms. The lowest BCUT2D eigenvalue weighted by molar-refractivity contribution is -0.0882. The van der Waals surface area contributed by atoms with Crippen molar-refractivity contribution in [3.05, 3.63) is 0 Å². The lowest BCUT2D eigenvalue weighted by Gasteiger charge is -2.43. The van der Waals surface area contributed by atoms with Crippen LogP contribution in [0.2, 0.25) is 0 Å². The van der Waals surface area contributed by atoms with Gasteiger partial charge in [0.25, 0.3) is 0 Å². The normalized spacial score (nSPS) is 31.2. The molecule has 1 heterocycles. The molecule has 116 valence electrons. The van der Waals surface area contributed by atoms with Crippen molar-refractivity contribution in [1.82, 2.24) is 10.2 Å². The van der Waals surface area contributed by atoms with Crippen molar-refractivity contribution in [2.45, 2.75) is 82.4 Å². The minimum Gasteiger partial charge on any atom is -0.375 e.